The number of rotatable bonds is 10. The molecule has 5 unspecified atom stereocenters. The van der Waals surface area contributed by atoms with Crippen molar-refractivity contribution in [2.75, 3.05) is 20.3 Å². The van der Waals surface area contributed by atoms with Crippen LogP contribution in [0.4, 0.5) is 13.2 Å². The summed E-state index contributed by atoms with van der Waals surface area (Å²) in [4.78, 5) is 63.0. The Kier molecular flexibility index (Phi) is 13.4. The van der Waals surface area contributed by atoms with Gasteiger partial charge in [-0.1, -0.05) is 31.9 Å². The number of halogens is 3. The number of methoxy groups -OCH3 is 1. The van der Waals surface area contributed by atoms with Gasteiger partial charge in [0.15, 0.2) is 6.61 Å². The van der Waals surface area contributed by atoms with Gasteiger partial charge in [0.2, 0.25) is 27.7 Å². The number of sulfonamides is 1. The smallest absolute Gasteiger partial charge is 0.422 e. The van der Waals surface area contributed by atoms with E-state index in [0.717, 1.165) is 11.3 Å². The Hall–Kier alpha value is -4.91. The number of carbonyl (C=O) groups is 4. The summed E-state index contributed by atoms with van der Waals surface area (Å²) in [6.45, 7) is 3.38. The van der Waals surface area contributed by atoms with Crippen molar-refractivity contribution in [1.82, 2.24) is 25.2 Å². The molecule has 19 heteroatoms. The van der Waals surface area contributed by atoms with E-state index in [-0.39, 0.29) is 36.5 Å². The molecule has 3 aromatic rings. The predicted octanol–water partition coefficient (Wildman–Crippen LogP) is 5.26. The number of hydrogen-bond acceptors (Lipinski definition) is 11. The largest absolute Gasteiger partial charge is 0.496 e. The van der Waals surface area contributed by atoms with Crippen LogP contribution < -0.4 is 29.6 Å². The number of ether oxygens (including phenoxy) is 3. The molecule has 59 heavy (non-hydrogen) atoms. The molecule has 1 aliphatic carbocycles. The summed E-state index contributed by atoms with van der Waals surface area (Å²) in [5.41, 5.74) is 0.737. The van der Waals surface area contributed by atoms with Gasteiger partial charge >= 0.3 is 6.18 Å². The van der Waals surface area contributed by atoms with Crippen molar-refractivity contribution < 1.29 is 55.0 Å². The van der Waals surface area contributed by atoms with Gasteiger partial charge in [-0.2, -0.15) is 13.2 Å². The minimum atomic E-state index is -4.66. The van der Waals surface area contributed by atoms with Gasteiger partial charge in [0.05, 0.1) is 29.3 Å². The molecule has 2 aliphatic heterocycles. The van der Waals surface area contributed by atoms with Gasteiger partial charge in [-0.05, 0) is 70.2 Å². The highest BCUT2D eigenvalue weighted by atomic mass is 32.2. The Balaban J connectivity index is 1.36. The summed E-state index contributed by atoms with van der Waals surface area (Å²) in [5, 5.41) is 5.28. The number of nitrogens with zero attached hydrogens (tertiary/aromatic N) is 2. The number of alkyl halides is 3. The molecule has 4 amide bonds. The van der Waals surface area contributed by atoms with E-state index >= 15 is 0 Å². The van der Waals surface area contributed by atoms with Crippen LogP contribution in [0.2, 0.25) is 0 Å². The number of hydrogen-bond donors (Lipinski definition) is 3. The van der Waals surface area contributed by atoms with Crippen LogP contribution in [0.15, 0.2) is 42.5 Å². The molecule has 14 nitrogen and oxygen atoms in total. The van der Waals surface area contributed by atoms with E-state index in [2.05, 4.69) is 20.3 Å². The minimum Gasteiger partial charge on any atom is -0.496 e. The van der Waals surface area contributed by atoms with Crippen molar-refractivity contribution in [3.05, 3.63) is 57.8 Å². The van der Waals surface area contributed by atoms with E-state index in [9.17, 15) is 40.8 Å². The summed E-state index contributed by atoms with van der Waals surface area (Å²) in [6.07, 6.45) is 1.56. The molecule has 320 valence electrons. The lowest BCUT2D eigenvalue weighted by atomic mass is 9.99. The van der Waals surface area contributed by atoms with Crippen LogP contribution in [-0.2, 0) is 24.4 Å². The number of nitrogens with one attached hydrogen (secondary N) is 3. The first-order valence-corrected chi connectivity index (χ1v) is 21.8. The van der Waals surface area contributed by atoms with Crippen molar-refractivity contribution in [3.63, 3.8) is 0 Å². The number of pyridine rings is 1. The zero-order chi connectivity index (χ0) is 42.6. The molecule has 4 heterocycles. The van der Waals surface area contributed by atoms with E-state index in [1.165, 1.54) is 29.4 Å². The molecule has 5 atom stereocenters. The monoisotopic (exact) mass is 863 g/mol. The standard InChI is InChI=1S/C40H48F3N5O9S2/c1-22-10-8-6-5-7-9-11-28(44-37(50)32-17-12-23(2)58-32)39(52)48-20-25(18-29(48)36(49)46-34(22)38(51)47-59(53,54)26-13-14-26)57-31-19-33(56-21-40(41,42)43)45-35-24(3)30(55-4)16-15-27(31)35/h8,10,12,15-17,19,22,25-26,28-29,34H,5-7,9,11,13-14,18,20-21H2,1-4H3,(H,44,50)(H,46,49)(H,47,51). The van der Waals surface area contributed by atoms with Crippen LogP contribution in [0.1, 0.15) is 78.4 Å². The van der Waals surface area contributed by atoms with Crippen molar-refractivity contribution in [2.45, 2.75) is 108 Å². The van der Waals surface area contributed by atoms with E-state index in [0.29, 0.717) is 53.7 Å². The Morgan fingerprint density at radius 2 is 1.81 bits per heavy atom. The maximum atomic E-state index is 14.6. The molecule has 1 aromatic carbocycles. The lowest BCUT2D eigenvalue weighted by Crippen LogP contribution is -2.57. The van der Waals surface area contributed by atoms with Crippen molar-refractivity contribution >= 4 is 55.9 Å². The first kappa shape index (κ1) is 43.7. The minimum absolute atomic E-state index is 0.0674. The van der Waals surface area contributed by atoms with E-state index in [1.54, 1.807) is 44.2 Å². The van der Waals surface area contributed by atoms with Gasteiger partial charge in [0, 0.05) is 34.2 Å². The van der Waals surface area contributed by atoms with Crippen LogP contribution in [-0.4, -0.2) is 97.8 Å². The fourth-order valence-corrected chi connectivity index (χ4v) is 9.36. The Morgan fingerprint density at radius 3 is 2.49 bits per heavy atom. The van der Waals surface area contributed by atoms with Gasteiger partial charge < -0.3 is 29.7 Å². The highest BCUT2D eigenvalue weighted by Crippen LogP contribution is 2.37. The molecule has 0 radical (unpaired) electrons. The Bertz CT molecular complexity index is 2210. The topological polar surface area (TPSA) is 182 Å². The van der Waals surface area contributed by atoms with Crippen LogP contribution in [0.25, 0.3) is 10.9 Å². The van der Waals surface area contributed by atoms with Crippen LogP contribution >= 0.6 is 11.3 Å². The lowest BCUT2D eigenvalue weighted by molar-refractivity contribution is -0.154. The summed E-state index contributed by atoms with van der Waals surface area (Å²) in [6, 6.07) is 4.25. The maximum absolute atomic E-state index is 14.6. The number of benzene rings is 1. The zero-order valence-corrected chi connectivity index (χ0v) is 34.7. The Morgan fingerprint density at radius 1 is 1.05 bits per heavy atom. The van der Waals surface area contributed by atoms with Crippen molar-refractivity contribution in [1.29, 1.82) is 0 Å². The van der Waals surface area contributed by atoms with Crippen molar-refractivity contribution in [3.8, 4) is 17.4 Å². The molecule has 1 saturated heterocycles. The zero-order valence-electron chi connectivity index (χ0n) is 33.1. The number of carbonyl (C=O) groups excluding carboxylic acids is 4. The molecule has 2 aromatic heterocycles. The molecule has 6 rings (SSSR count). The average Bonchev–Trinajstić information content (AvgIpc) is 3.84. The van der Waals surface area contributed by atoms with Crippen LogP contribution in [0.5, 0.6) is 17.4 Å². The molecule has 2 fully saturated rings. The second-order valence-electron chi connectivity index (χ2n) is 15.2. The second-order valence-corrected chi connectivity index (χ2v) is 18.4. The molecule has 3 aliphatic rings. The third-order valence-corrected chi connectivity index (χ3v) is 13.4. The maximum Gasteiger partial charge on any atom is 0.422 e. The third-order valence-electron chi connectivity index (χ3n) is 10.6. The number of amides is 4. The molecule has 0 bridgehead atoms. The van der Waals surface area contributed by atoms with Gasteiger partial charge in [-0.15, -0.1) is 11.3 Å². The summed E-state index contributed by atoms with van der Waals surface area (Å²) in [5.74, 6) is -3.29. The van der Waals surface area contributed by atoms with Gasteiger partial charge in [0.25, 0.3) is 11.8 Å². The number of fused-ring (bicyclic) bond motifs is 2. The molecule has 1 saturated carbocycles. The van der Waals surface area contributed by atoms with Crippen LogP contribution in [0.3, 0.4) is 0 Å². The van der Waals surface area contributed by atoms with Gasteiger partial charge in [0.1, 0.15) is 35.7 Å². The summed E-state index contributed by atoms with van der Waals surface area (Å²) < 4.78 is 84.3. The molecule has 0 spiro atoms. The highest BCUT2D eigenvalue weighted by molar-refractivity contribution is 7.90. The van der Waals surface area contributed by atoms with E-state index in [1.807, 2.05) is 13.0 Å². The predicted molar refractivity (Wildman–Crippen MR) is 213 cm³/mol. The number of aromatic nitrogens is 1. The first-order chi connectivity index (χ1) is 27.9. The lowest BCUT2D eigenvalue weighted by Gasteiger charge is -2.30. The first-order valence-electron chi connectivity index (χ1n) is 19.5. The number of allylic oxidation sites excluding steroid dienone is 1. The highest BCUT2D eigenvalue weighted by Gasteiger charge is 2.45. The molecule has 3 N–H and O–H groups in total. The fraction of sp³-hybridized carbons (Fsp3) is 0.525. The number of thiophene rings is 1. The third kappa shape index (κ3) is 10.8. The SMILES string of the molecule is COc1ccc2c(OC3CC4C(=O)NC(C(=O)NS(=O)(=O)C5CC5)C(C)C=CCCCCCC(NC(=O)c5ccc(C)s5)C(=O)N4C3)cc(OCC(F)(F)F)nc2c1C. The molecular formula is C40H48F3N5O9S2. The fourth-order valence-electron chi connectivity index (χ4n) is 7.26. The summed E-state index contributed by atoms with van der Waals surface area (Å²) >= 11 is 1.26. The molecular weight excluding hydrogens is 816 g/mol. The number of aryl methyl sites for hydroxylation is 2. The van der Waals surface area contributed by atoms with E-state index in [4.69, 9.17) is 14.2 Å². The quantitative estimate of drug-likeness (QED) is 0.228. The normalized spacial score (nSPS) is 23.4. The van der Waals surface area contributed by atoms with Gasteiger partial charge in [-0.3, -0.25) is 23.9 Å². The Labute approximate surface area is 344 Å². The van der Waals surface area contributed by atoms with Crippen LogP contribution in [0, 0.1) is 19.8 Å². The van der Waals surface area contributed by atoms with E-state index < -0.39 is 81.8 Å². The average molecular weight is 864 g/mol. The second kappa shape index (κ2) is 18.1. The van der Waals surface area contributed by atoms with Gasteiger partial charge in [-0.25, -0.2) is 13.4 Å². The summed E-state index contributed by atoms with van der Waals surface area (Å²) in [7, 11) is -2.54. The van der Waals surface area contributed by atoms with Crippen molar-refractivity contribution in [2.24, 2.45) is 5.92 Å².